The first-order valence-electron chi connectivity index (χ1n) is 4.63. The van der Waals surface area contributed by atoms with E-state index in [1.165, 1.54) is 35.6 Å². The molecule has 1 aromatic heterocycles. The van der Waals surface area contributed by atoms with E-state index in [9.17, 15) is 0 Å². The van der Waals surface area contributed by atoms with Crippen LogP contribution in [0.25, 0.3) is 0 Å². The maximum Gasteiger partial charge on any atom is 0.109 e. The number of unbranched alkanes of at least 4 members (excludes halogenated alkanes) is 2. The number of hydrogen-bond donors (Lipinski definition) is 1. The predicted molar refractivity (Wildman–Crippen MR) is 62.3 cm³/mol. The summed E-state index contributed by atoms with van der Waals surface area (Å²) in [6.45, 7) is 2.22. The van der Waals surface area contributed by atoms with Crippen LogP contribution in [0.3, 0.4) is 0 Å². The van der Waals surface area contributed by atoms with Gasteiger partial charge in [-0.15, -0.1) is 11.7 Å². The first kappa shape index (κ1) is 10.9. The molecule has 0 aliphatic heterocycles. The molecule has 0 aliphatic carbocycles. The van der Waals surface area contributed by atoms with Crippen molar-refractivity contribution in [1.82, 2.24) is 4.98 Å². The van der Waals surface area contributed by atoms with E-state index >= 15 is 0 Å². The Kier molecular flexibility index (Phi) is 5.32. The highest BCUT2D eigenvalue weighted by Gasteiger charge is 2.00. The summed E-state index contributed by atoms with van der Waals surface area (Å²) in [5.74, 6) is 0. The summed E-state index contributed by atoms with van der Waals surface area (Å²) in [6.07, 6.45) is 6.77. The van der Waals surface area contributed by atoms with E-state index in [0.717, 1.165) is 11.4 Å². The Labute approximate surface area is 89.2 Å². The number of pyridine rings is 1. The minimum absolute atomic E-state index is 1.06. The lowest BCUT2D eigenvalue weighted by atomic mass is 10.1. The molecule has 0 spiro atoms. The van der Waals surface area contributed by atoms with Crippen LogP contribution in [-0.4, -0.2) is 4.98 Å². The van der Waals surface area contributed by atoms with Crippen LogP contribution in [-0.2, 0) is 6.42 Å². The molecule has 3 heteroatoms. The van der Waals surface area contributed by atoms with Crippen molar-refractivity contribution in [3.05, 3.63) is 23.9 Å². The van der Waals surface area contributed by atoms with Gasteiger partial charge in [-0.2, -0.15) is 0 Å². The molecule has 0 saturated carbocycles. The maximum atomic E-state index is 4.26. The Morgan fingerprint density at radius 1 is 1.46 bits per heavy atom. The summed E-state index contributed by atoms with van der Waals surface area (Å²) in [6, 6.07) is 4.13. The molecule has 0 bridgehead atoms. The first-order chi connectivity index (χ1) is 6.38. The van der Waals surface area contributed by atoms with Crippen LogP contribution < -0.4 is 0 Å². The molecule has 1 nitrogen and oxygen atoms in total. The highest BCUT2D eigenvalue weighted by molar-refractivity contribution is 8.68. The van der Waals surface area contributed by atoms with E-state index in [4.69, 9.17) is 0 Å². The predicted octanol–water partition coefficient (Wildman–Crippen LogP) is 3.75. The summed E-state index contributed by atoms with van der Waals surface area (Å²) in [7, 11) is 1.44. The van der Waals surface area contributed by atoms with Crippen molar-refractivity contribution >= 4 is 22.5 Å². The highest BCUT2D eigenvalue weighted by Crippen LogP contribution is 2.23. The zero-order valence-corrected chi connectivity index (χ0v) is 9.57. The lowest BCUT2D eigenvalue weighted by molar-refractivity contribution is 0.708. The molecule has 72 valence electrons. The average molecular weight is 213 g/mol. The third-order valence-corrected chi connectivity index (χ3v) is 3.05. The van der Waals surface area contributed by atoms with Crippen molar-refractivity contribution < 1.29 is 0 Å². The van der Waals surface area contributed by atoms with Gasteiger partial charge in [-0.05, 0) is 35.3 Å². The fraction of sp³-hybridized carbons (Fsp3) is 0.500. The second-order valence-electron chi connectivity index (χ2n) is 3.02. The van der Waals surface area contributed by atoms with Crippen LogP contribution >= 0.6 is 22.5 Å². The Balaban J connectivity index is 2.54. The number of aryl methyl sites for hydroxylation is 1. The van der Waals surface area contributed by atoms with Crippen LogP contribution in [0.5, 0.6) is 0 Å². The largest absolute Gasteiger partial charge is 0.249 e. The molecular weight excluding hydrogens is 198 g/mol. The molecule has 13 heavy (non-hydrogen) atoms. The zero-order chi connectivity index (χ0) is 9.52. The second-order valence-corrected chi connectivity index (χ2v) is 4.13. The number of aromatic nitrogens is 1. The van der Waals surface area contributed by atoms with Crippen LogP contribution in [0, 0.1) is 0 Å². The summed E-state index contributed by atoms with van der Waals surface area (Å²) in [5, 5.41) is 1.06. The fourth-order valence-corrected chi connectivity index (χ4v) is 2.15. The van der Waals surface area contributed by atoms with E-state index in [2.05, 4.69) is 29.6 Å². The quantitative estimate of drug-likeness (QED) is 0.454. The molecule has 0 N–H and O–H groups in total. The number of thiol groups is 1. The molecule has 0 unspecified atom stereocenters. The van der Waals surface area contributed by atoms with Gasteiger partial charge in [0, 0.05) is 6.20 Å². The zero-order valence-electron chi connectivity index (χ0n) is 7.86. The lowest BCUT2D eigenvalue weighted by Crippen LogP contribution is -1.90. The first-order valence-corrected chi connectivity index (χ1v) is 6.50. The molecule has 0 amide bonds. The third kappa shape index (κ3) is 3.61. The normalized spacial score (nSPS) is 10.3. The van der Waals surface area contributed by atoms with Crippen molar-refractivity contribution in [2.24, 2.45) is 0 Å². The Morgan fingerprint density at radius 2 is 2.31 bits per heavy atom. The van der Waals surface area contributed by atoms with Gasteiger partial charge in [-0.1, -0.05) is 25.8 Å². The fourth-order valence-electron chi connectivity index (χ4n) is 1.26. The van der Waals surface area contributed by atoms with Gasteiger partial charge in [-0.3, -0.25) is 0 Å². The second kappa shape index (κ2) is 6.33. The highest BCUT2D eigenvalue weighted by atomic mass is 33.1. The lowest BCUT2D eigenvalue weighted by Gasteiger charge is -2.04. The molecule has 0 aromatic carbocycles. The molecule has 1 rings (SSSR count). The van der Waals surface area contributed by atoms with Gasteiger partial charge in [0.05, 0.1) is 0 Å². The molecule has 1 heterocycles. The Morgan fingerprint density at radius 3 is 3.00 bits per heavy atom. The molecular formula is C10H15NS2. The van der Waals surface area contributed by atoms with Gasteiger partial charge in [0.25, 0.3) is 0 Å². The Bertz CT molecular complexity index is 250. The van der Waals surface area contributed by atoms with E-state index in [-0.39, 0.29) is 0 Å². The van der Waals surface area contributed by atoms with E-state index in [0.29, 0.717) is 0 Å². The van der Waals surface area contributed by atoms with E-state index in [1.807, 2.05) is 12.3 Å². The monoisotopic (exact) mass is 213 g/mol. The average Bonchev–Trinajstić information content (AvgIpc) is 2.19. The third-order valence-electron chi connectivity index (χ3n) is 1.99. The van der Waals surface area contributed by atoms with E-state index < -0.39 is 0 Å². The molecule has 0 aliphatic rings. The van der Waals surface area contributed by atoms with Gasteiger partial charge in [-0.25, -0.2) is 4.98 Å². The standard InChI is InChI=1S/C10H15NS2/c1-2-3-4-6-9-7-5-8-11-10(9)13-12/h5,7-8,12H,2-4,6H2,1H3. The number of hydrogen-bond acceptors (Lipinski definition) is 3. The number of rotatable bonds is 5. The Hall–Kier alpha value is -0.150. The van der Waals surface area contributed by atoms with Crippen LogP contribution in [0.2, 0.25) is 0 Å². The van der Waals surface area contributed by atoms with Gasteiger partial charge in [0.15, 0.2) is 0 Å². The van der Waals surface area contributed by atoms with Crippen molar-refractivity contribution in [1.29, 1.82) is 0 Å². The SMILES string of the molecule is CCCCCc1cccnc1SS. The van der Waals surface area contributed by atoms with Crippen molar-refractivity contribution in [2.45, 2.75) is 37.6 Å². The van der Waals surface area contributed by atoms with Gasteiger partial charge in [0.2, 0.25) is 0 Å². The van der Waals surface area contributed by atoms with Crippen LogP contribution in [0.15, 0.2) is 23.4 Å². The van der Waals surface area contributed by atoms with Crippen LogP contribution in [0.1, 0.15) is 31.7 Å². The summed E-state index contributed by atoms with van der Waals surface area (Å²) in [4.78, 5) is 4.26. The maximum absolute atomic E-state index is 4.26. The number of nitrogens with zero attached hydrogens (tertiary/aromatic N) is 1. The molecule has 1 aromatic rings. The minimum atomic E-state index is 1.06. The van der Waals surface area contributed by atoms with Gasteiger partial charge >= 0.3 is 0 Å². The van der Waals surface area contributed by atoms with E-state index in [1.54, 1.807) is 0 Å². The van der Waals surface area contributed by atoms with Crippen LogP contribution in [0.4, 0.5) is 0 Å². The summed E-state index contributed by atoms with van der Waals surface area (Å²) >= 11 is 4.18. The molecule has 0 radical (unpaired) electrons. The minimum Gasteiger partial charge on any atom is -0.249 e. The topological polar surface area (TPSA) is 12.9 Å². The van der Waals surface area contributed by atoms with Crippen molar-refractivity contribution in [3.63, 3.8) is 0 Å². The van der Waals surface area contributed by atoms with Crippen molar-refractivity contribution in [2.75, 3.05) is 0 Å². The van der Waals surface area contributed by atoms with Gasteiger partial charge in [0.1, 0.15) is 5.03 Å². The smallest absolute Gasteiger partial charge is 0.109 e. The summed E-state index contributed by atoms with van der Waals surface area (Å²) in [5.41, 5.74) is 1.33. The summed E-state index contributed by atoms with van der Waals surface area (Å²) < 4.78 is 0. The molecule has 0 atom stereocenters. The molecule has 0 fully saturated rings. The van der Waals surface area contributed by atoms with Gasteiger partial charge < -0.3 is 0 Å². The van der Waals surface area contributed by atoms with Crippen molar-refractivity contribution in [3.8, 4) is 0 Å². The molecule has 0 saturated heterocycles.